The molecule has 1 aromatic carbocycles. The monoisotopic (exact) mass is 239 g/mol. The molecule has 1 saturated heterocycles. The van der Waals surface area contributed by atoms with E-state index >= 15 is 0 Å². The summed E-state index contributed by atoms with van der Waals surface area (Å²) in [6, 6.07) is 3.39. The van der Waals surface area contributed by atoms with Gasteiger partial charge in [-0.25, -0.2) is 4.39 Å². The third-order valence-electron chi connectivity index (χ3n) is 3.35. The highest BCUT2D eigenvalue weighted by atomic mass is 19.1. The predicted molar refractivity (Wildman–Crippen MR) is 64.0 cm³/mol. The van der Waals surface area contributed by atoms with E-state index in [1.807, 2.05) is 13.0 Å². The smallest absolute Gasteiger partial charge is 0.130 e. The lowest BCUT2D eigenvalue weighted by molar-refractivity contribution is -0.0510. The van der Waals surface area contributed by atoms with Crippen LogP contribution in [0, 0.1) is 12.7 Å². The number of halogens is 1. The van der Waals surface area contributed by atoms with E-state index in [1.54, 1.807) is 14.2 Å². The molecular formula is C13H18FNO2. The third kappa shape index (κ3) is 2.28. The predicted octanol–water partition coefficient (Wildman–Crippen LogP) is 1.67. The van der Waals surface area contributed by atoms with Crippen LogP contribution in [-0.2, 0) is 11.2 Å². The second-order valence-corrected chi connectivity index (χ2v) is 4.60. The molecule has 0 saturated carbocycles. The van der Waals surface area contributed by atoms with Crippen LogP contribution in [0.25, 0.3) is 0 Å². The molecule has 94 valence electrons. The molecule has 0 bridgehead atoms. The molecule has 1 heterocycles. The van der Waals surface area contributed by atoms with E-state index in [4.69, 9.17) is 9.47 Å². The molecule has 4 heteroatoms. The maximum absolute atomic E-state index is 14.0. The zero-order valence-electron chi connectivity index (χ0n) is 10.5. The maximum atomic E-state index is 14.0. The lowest BCUT2D eigenvalue weighted by atomic mass is 9.88. The number of ether oxygens (including phenoxy) is 2. The summed E-state index contributed by atoms with van der Waals surface area (Å²) >= 11 is 0. The highest BCUT2D eigenvalue weighted by Gasteiger charge is 2.38. The average Bonchev–Trinajstić information content (AvgIpc) is 2.25. The van der Waals surface area contributed by atoms with E-state index in [1.165, 1.54) is 6.07 Å². The summed E-state index contributed by atoms with van der Waals surface area (Å²) < 4.78 is 24.7. The van der Waals surface area contributed by atoms with E-state index in [9.17, 15) is 4.39 Å². The van der Waals surface area contributed by atoms with Gasteiger partial charge in [-0.2, -0.15) is 0 Å². The first-order chi connectivity index (χ1) is 8.10. The molecule has 0 radical (unpaired) electrons. The molecule has 0 atom stereocenters. The molecule has 1 fully saturated rings. The van der Waals surface area contributed by atoms with Crippen molar-refractivity contribution in [1.82, 2.24) is 5.32 Å². The van der Waals surface area contributed by atoms with Gasteiger partial charge in [0.2, 0.25) is 0 Å². The zero-order valence-corrected chi connectivity index (χ0v) is 10.5. The number of nitrogens with one attached hydrogen (secondary N) is 1. The van der Waals surface area contributed by atoms with Crippen molar-refractivity contribution < 1.29 is 13.9 Å². The minimum Gasteiger partial charge on any atom is -0.496 e. The van der Waals surface area contributed by atoms with Crippen molar-refractivity contribution >= 4 is 0 Å². The van der Waals surface area contributed by atoms with Crippen LogP contribution in [0.15, 0.2) is 12.1 Å². The quantitative estimate of drug-likeness (QED) is 0.867. The summed E-state index contributed by atoms with van der Waals surface area (Å²) in [7, 11) is 3.23. The Balaban J connectivity index is 2.31. The van der Waals surface area contributed by atoms with Gasteiger partial charge in [-0.05, 0) is 24.6 Å². The van der Waals surface area contributed by atoms with Crippen LogP contribution in [0.5, 0.6) is 5.75 Å². The van der Waals surface area contributed by atoms with Crippen molar-refractivity contribution in [3.05, 3.63) is 29.1 Å². The third-order valence-corrected chi connectivity index (χ3v) is 3.35. The fraction of sp³-hybridized carbons (Fsp3) is 0.538. The number of methoxy groups -OCH3 is 2. The molecule has 2 rings (SSSR count). The lowest BCUT2D eigenvalue weighted by Gasteiger charge is -2.41. The Kier molecular flexibility index (Phi) is 3.35. The molecule has 0 spiro atoms. The van der Waals surface area contributed by atoms with E-state index in [0.717, 1.165) is 18.7 Å². The number of hydrogen-bond acceptors (Lipinski definition) is 3. The Morgan fingerprint density at radius 1 is 1.35 bits per heavy atom. The summed E-state index contributed by atoms with van der Waals surface area (Å²) in [6.45, 7) is 3.35. The molecular weight excluding hydrogens is 221 g/mol. The number of rotatable bonds is 4. The SMILES string of the molecule is COc1cc(C)cc(F)c1CC1(OC)CNC1. The second-order valence-electron chi connectivity index (χ2n) is 4.60. The fourth-order valence-electron chi connectivity index (χ4n) is 2.16. The van der Waals surface area contributed by atoms with Crippen molar-refractivity contribution in [2.24, 2.45) is 0 Å². The van der Waals surface area contributed by atoms with Gasteiger partial charge in [-0.1, -0.05) is 0 Å². The minimum atomic E-state index is -0.288. The van der Waals surface area contributed by atoms with Crippen LogP contribution >= 0.6 is 0 Å². The van der Waals surface area contributed by atoms with Crippen LogP contribution in [0.1, 0.15) is 11.1 Å². The maximum Gasteiger partial charge on any atom is 0.130 e. The Morgan fingerprint density at radius 2 is 2.06 bits per heavy atom. The van der Waals surface area contributed by atoms with Gasteiger partial charge in [-0.15, -0.1) is 0 Å². The highest BCUT2D eigenvalue weighted by Crippen LogP contribution is 2.30. The standard InChI is InChI=1S/C13H18FNO2/c1-9-4-11(14)10(12(5-9)16-2)6-13(17-3)7-15-8-13/h4-5,15H,6-8H2,1-3H3. The van der Waals surface area contributed by atoms with Gasteiger partial charge in [0.15, 0.2) is 0 Å². The van der Waals surface area contributed by atoms with Crippen LogP contribution in [0.4, 0.5) is 4.39 Å². The highest BCUT2D eigenvalue weighted by molar-refractivity contribution is 5.39. The molecule has 0 aromatic heterocycles. The molecule has 0 aliphatic carbocycles. The molecule has 3 nitrogen and oxygen atoms in total. The van der Waals surface area contributed by atoms with Crippen molar-refractivity contribution in [2.75, 3.05) is 27.3 Å². The van der Waals surface area contributed by atoms with Crippen LogP contribution < -0.4 is 10.1 Å². The molecule has 1 aromatic rings. The average molecular weight is 239 g/mol. The normalized spacial score (nSPS) is 17.6. The molecule has 0 amide bonds. The van der Waals surface area contributed by atoms with E-state index in [0.29, 0.717) is 17.7 Å². The van der Waals surface area contributed by atoms with Crippen molar-refractivity contribution in [3.8, 4) is 5.75 Å². The number of aryl methyl sites for hydroxylation is 1. The second kappa shape index (κ2) is 4.63. The van der Waals surface area contributed by atoms with Gasteiger partial charge in [0, 0.05) is 32.2 Å². The van der Waals surface area contributed by atoms with Crippen LogP contribution in [0.2, 0.25) is 0 Å². The minimum absolute atomic E-state index is 0.217. The van der Waals surface area contributed by atoms with Gasteiger partial charge in [0.05, 0.1) is 12.7 Å². The molecule has 17 heavy (non-hydrogen) atoms. The van der Waals surface area contributed by atoms with Crippen molar-refractivity contribution in [3.63, 3.8) is 0 Å². The van der Waals surface area contributed by atoms with Gasteiger partial charge in [0.1, 0.15) is 11.6 Å². The first-order valence-corrected chi connectivity index (χ1v) is 5.69. The Labute approximate surface area is 101 Å². The molecule has 1 N–H and O–H groups in total. The van der Waals surface area contributed by atoms with Gasteiger partial charge in [-0.3, -0.25) is 0 Å². The van der Waals surface area contributed by atoms with E-state index < -0.39 is 0 Å². The Bertz CT molecular complexity index is 411. The summed E-state index contributed by atoms with van der Waals surface area (Å²) in [5.74, 6) is 0.385. The van der Waals surface area contributed by atoms with Gasteiger partial charge < -0.3 is 14.8 Å². The largest absolute Gasteiger partial charge is 0.496 e. The summed E-state index contributed by atoms with van der Waals surface area (Å²) in [5.41, 5.74) is 1.17. The molecule has 1 aliphatic heterocycles. The van der Waals surface area contributed by atoms with E-state index in [2.05, 4.69) is 5.32 Å². The van der Waals surface area contributed by atoms with Crippen LogP contribution in [0.3, 0.4) is 0 Å². The van der Waals surface area contributed by atoms with Crippen LogP contribution in [-0.4, -0.2) is 32.9 Å². The van der Waals surface area contributed by atoms with Gasteiger partial charge >= 0.3 is 0 Å². The first-order valence-electron chi connectivity index (χ1n) is 5.69. The number of hydrogen-bond donors (Lipinski definition) is 1. The van der Waals surface area contributed by atoms with Crippen molar-refractivity contribution in [1.29, 1.82) is 0 Å². The first kappa shape index (κ1) is 12.3. The number of benzene rings is 1. The summed E-state index contributed by atoms with van der Waals surface area (Å²) in [6.07, 6.45) is 0.534. The molecule has 1 aliphatic rings. The van der Waals surface area contributed by atoms with E-state index in [-0.39, 0.29) is 11.4 Å². The lowest BCUT2D eigenvalue weighted by Crippen LogP contribution is -2.62. The topological polar surface area (TPSA) is 30.5 Å². The zero-order chi connectivity index (χ0) is 12.5. The fourth-order valence-corrected chi connectivity index (χ4v) is 2.16. The molecule has 0 unspecified atom stereocenters. The summed E-state index contributed by atoms with van der Waals surface area (Å²) in [4.78, 5) is 0. The van der Waals surface area contributed by atoms with Crippen molar-refractivity contribution in [2.45, 2.75) is 18.9 Å². The van der Waals surface area contributed by atoms with Gasteiger partial charge in [0.25, 0.3) is 0 Å². The summed E-state index contributed by atoms with van der Waals surface area (Å²) in [5, 5.41) is 3.15. The Morgan fingerprint density at radius 3 is 2.53 bits per heavy atom. The Hall–Kier alpha value is -1.13.